The predicted octanol–water partition coefficient (Wildman–Crippen LogP) is 0.500. The lowest BCUT2D eigenvalue weighted by atomic mass is 10.4. The highest BCUT2D eigenvalue weighted by Gasteiger charge is 2.22. The first kappa shape index (κ1) is 11.6. The van der Waals surface area contributed by atoms with Crippen LogP contribution in [-0.2, 0) is 9.84 Å². The molecule has 0 fully saturated rings. The standard InChI is InChI=1S/C8H10BrNO3S/c9-6-1-3-7(4-2-6)14(12,13)8(10)5-11/h1-4,8,11H,5,10H2. The van der Waals surface area contributed by atoms with Crippen LogP contribution in [0.25, 0.3) is 0 Å². The fourth-order valence-electron chi connectivity index (χ4n) is 0.897. The largest absolute Gasteiger partial charge is 0.394 e. The summed E-state index contributed by atoms with van der Waals surface area (Å²) in [7, 11) is -3.60. The molecule has 1 aromatic rings. The molecule has 0 aliphatic heterocycles. The maximum Gasteiger partial charge on any atom is 0.196 e. The number of nitrogens with two attached hydrogens (primary N) is 1. The summed E-state index contributed by atoms with van der Waals surface area (Å²) < 4.78 is 23.9. The zero-order chi connectivity index (χ0) is 10.8. The molecule has 0 heterocycles. The molecule has 0 aliphatic rings. The molecular weight excluding hydrogens is 270 g/mol. The van der Waals surface area contributed by atoms with E-state index >= 15 is 0 Å². The van der Waals surface area contributed by atoms with Crippen molar-refractivity contribution in [1.82, 2.24) is 0 Å². The zero-order valence-corrected chi connectivity index (χ0v) is 9.62. The molecule has 1 rings (SSSR count). The van der Waals surface area contributed by atoms with Gasteiger partial charge in [0.05, 0.1) is 11.5 Å². The van der Waals surface area contributed by atoms with Crippen LogP contribution in [0.2, 0.25) is 0 Å². The second kappa shape index (κ2) is 4.39. The van der Waals surface area contributed by atoms with E-state index in [4.69, 9.17) is 10.8 Å². The van der Waals surface area contributed by atoms with E-state index in [1.807, 2.05) is 0 Å². The van der Waals surface area contributed by atoms with Crippen molar-refractivity contribution < 1.29 is 13.5 Å². The molecular formula is C8H10BrNO3S. The van der Waals surface area contributed by atoms with Crippen LogP contribution in [0.15, 0.2) is 33.6 Å². The first-order chi connectivity index (χ1) is 6.48. The van der Waals surface area contributed by atoms with Gasteiger partial charge in [-0.3, -0.25) is 0 Å². The SMILES string of the molecule is NC(CO)S(=O)(=O)c1ccc(Br)cc1. The second-order valence-electron chi connectivity index (χ2n) is 2.72. The Labute approximate surface area is 90.8 Å². The minimum Gasteiger partial charge on any atom is -0.394 e. The minimum absolute atomic E-state index is 0.113. The summed E-state index contributed by atoms with van der Waals surface area (Å²) in [5.41, 5.74) is 5.27. The van der Waals surface area contributed by atoms with E-state index in [1.54, 1.807) is 12.1 Å². The van der Waals surface area contributed by atoms with Crippen molar-refractivity contribution in [3.63, 3.8) is 0 Å². The lowest BCUT2D eigenvalue weighted by Gasteiger charge is -2.09. The van der Waals surface area contributed by atoms with Gasteiger partial charge in [-0.15, -0.1) is 0 Å². The fraction of sp³-hybridized carbons (Fsp3) is 0.250. The van der Waals surface area contributed by atoms with Crippen molar-refractivity contribution in [2.75, 3.05) is 6.61 Å². The van der Waals surface area contributed by atoms with Crippen LogP contribution in [0.5, 0.6) is 0 Å². The Kier molecular flexibility index (Phi) is 3.65. The number of halogens is 1. The van der Waals surface area contributed by atoms with Crippen molar-refractivity contribution in [2.45, 2.75) is 10.3 Å². The third-order valence-corrected chi connectivity index (χ3v) is 4.12. The Hall–Kier alpha value is -0.430. The number of hydrogen-bond acceptors (Lipinski definition) is 4. The number of sulfone groups is 1. The fourth-order valence-corrected chi connectivity index (χ4v) is 2.22. The Morgan fingerprint density at radius 3 is 2.29 bits per heavy atom. The quantitative estimate of drug-likeness (QED) is 0.845. The summed E-state index contributed by atoms with van der Waals surface area (Å²) >= 11 is 3.19. The van der Waals surface area contributed by atoms with E-state index in [1.165, 1.54) is 12.1 Å². The molecule has 4 nitrogen and oxygen atoms in total. The molecule has 0 aromatic heterocycles. The van der Waals surface area contributed by atoms with Crippen LogP contribution in [0, 0.1) is 0 Å². The molecule has 0 spiro atoms. The molecule has 1 atom stereocenters. The molecule has 0 bridgehead atoms. The first-order valence-electron chi connectivity index (χ1n) is 3.84. The van der Waals surface area contributed by atoms with Crippen LogP contribution in [0.1, 0.15) is 0 Å². The van der Waals surface area contributed by atoms with E-state index in [0.717, 1.165) is 4.47 Å². The number of rotatable bonds is 3. The van der Waals surface area contributed by atoms with Gasteiger partial charge in [-0.1, -0.05) is 15.9 Å². The number of aliphatic hydroxyl groups is 1. The van der Waals surface area contributed by atoms with E-state index in [0.29, 0.717) is 0 Å². The Morgan fingerprint density at radius 1 is 1.36 bits per heavy atom. The van der Waals surface area contributed by atoms with Gasteiger partial charge in [0.2, 0.25) is 0 Å². The van der Waals surface area contributed by atoms with Crippen LogP contribution in [0.4, 0.5) is 0 Å². The van der Waals surface area contributed by atoms with E-state index in [-0.39, 0.29) is 4.90 Å². The van der Waals surface area contributed by atoms with Crippen LogP contribution in [0.3, 0.4) is 0 Å². The summed E-state index contributed by atoms with van der Waals surface area (Å²) in [6, 6.07) is 6.10. The van der Waals surface area contributed by atoms with E-state index in [9.17, 15) is 8.42 Å². The van der Waals surface area contributed by atoms with Crippen molar-refractivity contribution in [3.05, 3.63) is 28.7 Å². The highest BCUT2D eigenvalue weighted by molar-refractivity contribution is 9.10. The van der Waals surface area contributed by atoms with Gasteiger partial charge in [0.15, 0.2) is 9.84 Å². The van der Waals surface area contributed by atoms with Crippen molar-refractivity contribution in [2.24, 2.45) is 5.73 Å². The molecule has 78 valence electrons. The van der Waals surface area contributed by atoms with Gasteiger partial charge >= 0.3 is 0 Å². The minimum atomic E-state index is -3.60. The second-order valence-corrected chi connectivity index (χ2v) is 5.80. The molecule has 14 heavy (non-hydrogen) atoms. The van der Waals surface area contributed by atoms with Crippen molar-refractivity contribution in [3.8, 4) is 0 Å². The monoisotopic (exact) mass is 279 g/mol. The molecule has 1 unspecified atom stereocenters. The number of benzene rings is 1. The smallest absolute Gasteiger partial charge is 0.196 e. The molecule has 1 aromatic carbocycles. The average Bonchev–Trinajstić information content (AvgIpc) is 2.17. The first-order valence-corrected chi connectivity index (χ1v) is 6.18. The van der Waals surface area contributed by atoms with Gasteiger partial charge in [0, 0.05) is 4.47 Å². The molecule has 0 saturated heterocycles. The van der Waals surface area contributed by atoms with Crippen molar-refractivity contribution >= 4 is 25.8 Å². The molecule has 0 aliphatic carbocycles. The van der Waals surface area contributed by atoms with E-state index in [2.05, 4.69) is 15.9 Å². The summed E-state index contributed by atoms with van der Waals surface area (Å²) in [6.07, 6.45) is 0. The van der Waals surface area contributed by atoms with Gasteiger partial charge < -0.3 is 10.8 Å². The average molecular weight is 280 g/mol. The highest BCUT2D eigenvalue weighted by atomic mass is 79.9. The molecule has 3 N–H and O–H groups in total. The summed E-state index contributed by atoms with van der Waals surface area (Å²) in [5, 5.41) is 7.41. The van der Waals surface area contributed by atoms with Gasteiger partial charge in [-0.2, -0.15) is 0 Å². The maximum atomic E-state index is 11.6. The summed E-state index contributed by atoms with van der Waals surface area (Å²) in [5.74, 6) is 0. The Balaban J connectivity index is 3.11. The maximum absolute atomic E-state index is 11.6. The number of hydrogen-bond donors (Lipinski definition) is 2. The van der Waals surface area contributed by atoms with Crippen LogP contribution in [-0.4, -0.2) is 25.5 Å². The Morgan fingerprint density at radius 2 is 1.86 bits per heavy atom. The Bertz CT molecular complexity index is 401. The normalized spacial score (nSPS) is 13.9. The van der Waals surface area contributed by atoms with Gasteiger partial charge in [0.25, 0.3) is 0 Å². The third-order valence-electron chi connectivity index (χ3n) is 1.72. The molecule has 0 amide bonds. The van der Waals surface area contributed by atoms with Crippen LogP contribution < -0.4 is 5.73 Å². The summed E-state index contributed by atoms with van der Waals surface area (Å²) in [4.78, 5) is 0.113. The predicted molar refractivity (Wildman–Crippen MR) is 56.4 cm³/mol. The highest BCUT2D eigenvalue weighted by Crippen LogP contribution is 2.17. The van der Waals surface area contributed by atoms with E-state index < -0.39 is 21.8 Å². The van der Waals surface area contributed by atoms with Crippen LogP contribution >= 0.6 is 15.9 Å². The third kappa shape index (κ3) is 2.33. The van der Waals surface area contributed by atoms with Gasteiger partial charge in [-0.25, -0.2) is 8.42 Å². The topological polar surface area (TPSA) is 80.4 Å². The lowest BCUT2D eigenvalue weighted by molar-refractivity contribution is 0.292. The number of aliphatic hydroxyl groups excluding tert-OH is 1. The van der Waals surface area contributed by atoms with Gasteiger partial charge in [-0.05, 0) is 24.3 Å². The zero-order valence-electron chi connectivity index (χ0n) is 7.22. The lowest BCUT2D eigenvalue weighted by Crippen LogP contribution is -2.34. The van der Waals surface area contributed by atoms with Gasteiger partial charge in [0.1, 0.15) is 5.37 Å². The molecule has 6 heteroatoms. The summed E-state index contributed by atoms with van der Waals surface area (Å²) in [6.45, 7) is -0.585. The van der Waals surface area contributed by atoms with Crippen molar-refractivity contribution in [1.29, 1.82) is 0 Å². The molecule has 0 radical (unpaired) electrons. The molecule has 0 saturated carbocycles.